The number of furan rings is 1. The maximum Gasteiger partial charge on any atom is 0.344 e. The number of carbonyl (C=O) groups is 1. The molecule has 1 aliphatic carbocycles. The van der Waals surface area contributed by atoms with E-state index in [0.717, 1.165) is 16.7 Å². The third-order valence-electron chi connectivity index (χ3n) is 4.41. The summed E-state index contributed by atoms with van der Waals surface area (Å²) in [6, 6.07) is 17.5. The third-order valence-corrected chi connectivity index (χ3v) is 6.66. The molecule has 0 saturated heterocycles. The summed E-state index contributed by atoms with van der Waals surface area (Å²) in [6.07, 6.45) is 0. The number of phenols is 2. The van der Waals surface area contributed by atoms with Crippen molar-refractivity contribution in [1.29, 1.82) is 0 Å². The van der Waals surface area contributed by atoms with Gasteiger partial charge in [-0.1, -0.05) is 22.9 Å². The van der Waals surface area contributed by atoms with Crippen molar-refractivity contribution in [3.05, 3.63) is 82.7 Å². The molecule has 0 spiro atoms. The van der Waals surface area contributed by atoms with Crippen LogP contribution in [0.15, 0.2) is 85.7 Å². The zero-order chi connectivity index (χ0) is 21.3. The van der Waals surface area contributed by atoms with E-state index in [1.165, 1.54) is 35.1 Å². The van der Waals surface area contributed by atoms with E-state index < -0.39 is 5.63 Å². The van der Waals surface area contributed by atoms with E-state index in [0.29, 0.717) is 32.9 Å². The summed E-state index contributed by atoms with van der Waals surface area (Å²) in [5.74, 6) is 0.527. The fraction of sp³-hybridized carbons (Fsp3) is 0. The van der Waals surface area contributed by atoms with Gasteiger partial charge in [0.05, 0.1) is 5.56 Å². The second-order valence-electron chi connectivity index (χ2n) is 6.32. The van der Waals surface area contributed by atoms with Crippen LogP contribution in [0.3, 0.4) is 0 Å². The molecule has 0 aromatic heterocycles. The maximum absolute atomic E-state index is 12.7. The van der Waals surface area contributed by atoms with Gasteiger partial charge in [-0.05, 0) is 71.9 Å². The first kappa shape index (κ1) is 20.5. The van der Waals surface area contributed by atoms with Crippen LogP contribution in [-0.2, 0) is 0 Å². The lowest BCUT2D eigenvalue weighted by atomic mass is 10.0. The van der Waals surface area contributed by atoms with Crippen molar-refractivity contribution in [2.75, 3.05) is 0 Å². The van der Waals surface area contributed by atoms with Crippen LogP contribution in [0.25, 0.3) is 22.5 Å². The minimum Gasteiger partial charge on any atom is -0.508 e. The van der Waals surface area contributed by atoms with Crippen molar-refractivity contribution in [3.8, 4) is 33.9 Å². The number of carbonyl (C=O) groups excluding carboxylic acids is 1. The van der Waals surface area contributed by atoms with Crippen LogP contribution in [-0.4, -0.2) is 15.3 Å². The Kier molecular flexibility index (Phi) is 5.80. The number of hydrogen-bond donors (Lipinski definition) is 3. The highest BCUT2D eigenvalue weighted by atomic mass is 33.1. The molecule has 0 atom stereocenters. The summed E-state index contributed by atoms with van der Waals surface area (Å²) < 4.78 is 5.48. The molecule has 1 heterocycles. The number of hydrogen-bond acceptors (Lipinski definition) is 8. The predicted molar refractivity (Wildman–Crippen MR) is 122 cm³/mol. The molecule has 0 amide bonds. The largest absolute Gasteiger partial charge is 0.508 e. The normalized spacial score (nSPS) is 11.0. The summed E-state index contributed by atoms with van der Waals surface area (Å²) in [7, 11) is 1.18. The smallest absolute Gasteiger partial charge is 0.344 e. The van der Waals surface area contributed by atoms with Crippen molar-refractivity contribution in [3.63, 3.8) is 0 Å². The Hall–Kier alpha value is -2.81. The fourth-order valence-corrected chi connectivity index (χ4v) is 4.93. The predicted octanol–water partition coefficient (Wildman–Crippen LogP) is 5.69. The summed E-state index contributed by atoms with van der Waals surface area (Å²) in [5.41, 5.74) is 1.54. The van der Waals surface area contributed by atoms with Crippen molar-refractivity contribution < 1.29 is 19.4 Å². The molecule has 2 aromatic rings. The van der Waals surface area contributed by atoms with Crippen LogP contribution in [0, 0.1) is 0 Å². The summed E-state index contributed by atoms with van der Waals surface area (Å²) in [5, 5.41) is 18.7. The third kappa shape index (κ3) is 4.07. The maximum atomic E-state index is 12.7. The molecule has 0 saturated carbocycles. The van der Waals surface area contributed by atoms with Crippen LogP contribution in [0.4, 0.5) is 0 Å². The molecule has 2 aliphatic rings. The molecule has 0 unspecified atom stereocenters. The van der Waals surface area contributed by atoms with Crippen LogP contribution in [0.5, 0.6) is 11.5 Å². The SMILES string of the molecule is O=C(Sc1cc2oc(=O)c(-c3ccc(O)cc3)c-2ccc1SS)c1ccc(O)cc1. The van der Waals surface area contributed by atoms with Crippen LogP contribution in [0.2, 0.25) is 0 Å². The molecule has 150 valence electrons. The first-order valence-corrected chi connectivity index (χ1v) is 11.4. The monoisotopic (exact) mass is 454 g/mol. The van der Waals surface area contributed by atoms with E-state index in [1.807, 2.05) is 0 Å². The Labute approximate surface area is 184 Å². The van der Waals surface area contributed by atoms with E-state index in [-0.39, 0.29) is 16.6 Å². The number of thiol groups is 1. The lowest BCUT2D eigenvalue weighted by Gasteiger charge is -2.03. The molecule has 0 radical (unpaired) electrons. The van der Waals surface area contributed by atoms with E-state index in [1.54, 1.807) is 42.5 Å². The summed E-state index contributed by atoms with van der Waals surface area (Å²) >= 11 is 5.28. The van der Waals surface area contributed by atoms with E-state index in [2.05, 4.69) is 11.7 Å². The van der Waals surface area contributed by atoms with Gasteiger partial charge in [0.2, 0.25) is 5.12 Å². The van der Waals surface area contributed by atoms with E-state index >= 15 is 0 Å². The molecule has 2 N–H and O–H groups in total. The van der Waals surface area contributed by atoms with Crippen molar-refractivity contribution >= 4 is 39.3 Å². The van der Waals surface area contributed by atoms with Crippen molar-refractivity contribution in [2.45, 2.75) is 9.79 Å². The summed E-state index contributed by atoms with van der Waals surface area (Å²) in [6.45, 7) is 0. The molecule has 0 fully saturated rings. The van der Waals surface area contributed by atoms with Gasteiger partial charge in [-0.25, -0.2) is 4.79 Å². The van der Waals surface area contributed by atoms with Gasteiger partial charge in [-0.2, -0.15) is 0 Å². The lowest BCUT2D eigenvalue weighted by molar-refractivity contribution is 0.108. The Bertz CT molecular complexity index is 1250. The first-order chi connectivity index (χ1) is 14.5. The van der Waals surface area contributed by atoms with Gasteiger partial charge < -0.3 is 14.6 Å². The van der Waals surface area contributed by atoms with Gasteiger partial charge in [0.25, 0.3) is 0 Å². The Morgan fingerprint density at radius 1 is 0.867 bits per heavy atom. The highest BCUT2D eigenvalue weighted by molar-refractivity contribution is 8.68. The number of phenolic OH excluding ortho intramolecular Hbond substituents is 2. The van der Waals surface area contributed by atoms with Crippen LogP contribution >= 0.6 is 34.2 Å². The van der Waals surface area contributed by atoms with Crippen LogP contribution < -0.4 is 5.63 Å². The number of rotatable bonds is 4. The van der Waals surface area contributed by atoms with Crippen molar-refractivity contribution in [2.24, 2.45) is 0 Å². The molecule has 30 heavy (non-hydrogen) atoms. The number of thioether (sulfide) groups is 1. The average molecular weight is 455 g/mol. The van der Waals surface area contributed by atoms with Crippen LogP contribution in [0.1, 0.15) is 10.4 Å². The molecular formula is C22H14O5S3. The second kappa shape index (κ2) is 8.51. The molecule has 4 rings (SSSR count). The average Bonchev–Trinajstić information content (AvgIpc) is 2.94. The molecular weight excluding hydrogens is 440 g/mol. The quantitative estimate of drug-likeness (QED) is 0.207. The summed E-state index contributed by atoms with van der Waals surface area (Å²) in [4.78, 5) is 26.5. The number of benzene rings is 2. The van der Waals surface area contributed by atoms with E-state index in [9.17, 15) is 19.8 Å². The van der Waals surface area contributed by atoms with Crippen molar-refractivity contribution in [1.82, 2.24) is 0 Å². The first-order valence-electron chi connectivity index (χ1n) is 8.69. The topological polar surface area (TPSA) is 87.7 Å². The molecule has 1 aliphatic heterocycles. The van der Waals surface area contributed by atoms with E-state index in [4.69, 9.17) is 4.42 Å². The highest BCUT2D eigenvalue weighted by Crippen LogP contribution is 2.40. The Balaban J connectivity index is 1.77. The number of fused-ring (bicyclic) bond motifs is 1. The van der Waals surface area contributed by atoms with Gasteiger partial charge >= 0.3 is 5.63 Å². The van der Waals surface area contributed by atoms with Gasteiger partial charge in [0, 0.05) is 20.9 Å². The molecule has 8 heteroatoms. The molecule has 2 aromatic carbocycles. The number of aromatic hydroxyl groups is 2. The Morgan fingerprint density at radius 3 is 2.13 bits per heavy atom. The fourth-order valence-electron chi connectivity index (χ4n) is 2.96. The minimum atomic E-state index is -0.497. The Morgan fingerprint density at radius 2 is 1.50 bits per heavy atom. The highest BCUT2D eigenvalue weighted by Gasteiger charge is 2.21. The standard InChI is InChI=1S/C22H14O5S3/c23-14-5-1-12(2-6-14)20-16-9-10-18(30-28)19(11-17(16)27-21(20)25)29-22(26)13-3-7-15(24)8-4-13/h1-11,23-24,28H. The second-order valence-corrected chi connectivity index (χ2v) is 8.51. The van der Waals surface area contributed by atoms with Gasteiger partial charge in [0.15, 0.2) is 0 Å². The minimum absolute atomic E-state index is 0.0799. The van der Waals surface area contributed by atoms with Gasteiger partial charge in [-0.3, -0.25) is 4.79 Å². The lowest BCUT2D eigenvalue weighted by Crippen LogP contribution is -1.95. The zero-order valence-corrected chi connectivity index (χ0v) is 17.8. The molecule has 0 bridgehead atoms. The van der Waals surface area contributed by atoms with Gasteiger partial charge in [-0.15, -0.1) is 11.7 Å². The molecule has 5 nitrogen and oxygen atoms in total. The van der Waals surface area contributed by atoms with Gasteiger partial charge in [0.1, 0.15) is 17.3 Å². The zero-order valence-electron chi connectivity index (χ0n) is 15.2.